The van der Waals surface area contributed by atoms with Crippen LogP contribution < -0.4 is 0 Å². The van der Waals surface area contributed by atoms with Gasteiger partial charge in [-0.3, -0.25) is 9.59 Å². The van der Waals surface area contributed by atoms with E-state index in [1.165, 1.54) is 0 Å². The summed E-state index contributed by atoms with van der Waals surface area (Å²) in [5.41, 5.74) is 2.58. The first-order valence-electron chi connectivity index (χ1n) is 8.92. The Morgan fingerprint density at radius 3 is 2.44 bits per heavy atom. The first-order valence-corrected chi connectivity index (χ1v) is 8.92. The van der Waals surface area contributed by atoms with Gasteiger partial charge in [-0.25, -0.2) is 4.98 Å². The van der Waals surface area contributed by atoms with Crippen molar-refractivity contribution in [3.8, 4) is 0 Å². The number of benzene rings is 1. The molecule has 0 atom stereocenters. The maximum atomic E-state index is 12.9. The summed E-state index contributed by atoms with van der Waals surface area (Å²) in [6, 6.07) is 6.09. The summed E-state index contributed by atoms with van der Waals surface area (Å²) in [5.74, 6) is 1.05. The number of hydrogen-bond acceptors (Lipinski definition) is 3. The molecular weight excluding hydrogens is 316 g/mol. The third-order valence-electron chi connectivity index (χ3n) is 4.86. The molecule has 2 heterocycles. The van der Waals surface area contributed by atoms with E-state index in [9.17, 15) is 9.59 Å². The van der Waals surface area contributed by atoms with Crippen molar-refractivity contribution >= 4 is 22.8 Å². The smallest absolute Gasteiger partial charge is 0.253 e. The molecule has 134 valence electrons. The molecule has 1 fully saturated rings. The topological polar surface area (TPSA) is 58.4 Å². The Balaban J connectivity index is 1.84. The molecule has 0 saturated carbocycles. The number of aromatic nitrogens is 2. The number of carbonyl (C=O) groups excluding carboxylic acids is 2. The van der Waals surface area contributed by atoms with E-state index in [1.54, 1.807) is 6.92 Å². The summed E-state index contributed by atoms with van der Waals surface area (Å²) in [5, 5.41) is 0. The van der Waals surface area contributed by atoms with Crippen LogP contribution in [0.15, 0.2) is 18.2 Å². The van der Waals surface area contributed by atoms with Crippen LogP contribution in [0.1, 0.15) is 49.4 Å². The van der Waals surface area contributed by atoms with E-state index in [0.717, 1.165) is 29.8 Å². The minimum absolute atomic E-state index is 0.0176. The largest absolute Gasteiger partial charge is 0.341 e. The SMILES string of the molecule is CC(=O)N1CCCN(C(=O)c2ccc3c(c2)nc(C)n3C(C)C)CC1. The van der Waals surface area contributed by atoms with Crippen LogP contribution in [-0.4, -0.2) is 57.3 Å². The van der Waals surface area contributed by atoms with Crippen LogP contribution in [0, 0.1) is 6.92 Å². The van der Waals surface area contributed by atoms with Crippen LogP contribution in [0.2, 0.25) is 0 Å². The van der Waals surface area contributed by atoms with Gasteiger partial charge in [0.25, 0.3) is 5.91 Å². The van der Waals surface area contributed by atoms with Gasteiger partial charge in [0.05, 0.1) is 11.0 Å². The monoisotopic (exact) mass is 342 g/mol. The van der Waals surface area contributed by atoms with Crippen LogP contribution in [0.5, 0.6) is 0 Å². The maximum absolute atomic E-state index is 12.9. The van der Waals surface area contributed by atoms with E-state index in [-0.39, 0.29) is 11.8 Å². The average molecular weight is 342 g/mol. The third-order valence-corrected chi connectivity index (χ3v) is 4.86. The number of hydrogen-bond donors (Lipinski definition) is 0. The van der Waals surface area contributed by atoms with E-state index in [0.29, 0.717) is 31.2 Å². The summed E-state index contributed by atoms with van der Waals surface area (Å²) >= 11 is 0. The van der Waals surface area contributed by atoms with E-state index >= 15 is 0 Å². The number of carbonyl (C=O) groups is 2. The highest BCUT2D eigenvalue weighted by Crippen LogP contribution is 2.22. The second-order valence-electron chi connectivity index (χ2n) is 6.98. The second-order valence-corrected chi connectivity index (χ2v) is 6.98. The van der Waals surface area contributed by atoms with Gasteiger partial charge in [0.15, 0.2) is 0 Å². The van der Waals surface area contributed by atoms with E-state index in [1.807, 2.05) is 34.9 Å². The fraction of sp³-hybridized carbons (Fsp3) is 0.526. The molecule has 1 aliphatic heterocycles. The lowest BCUT2D eigenvalue weighted by Gasteiger charge is -2.21. The molecular formula is C19H26N4O2. The fourth-order valence-electron chi connectivity index (χ4n) is 3.62. The van der Waals surface area contributed by atoms with Crippen LogP contribution in [0.4, 0.5) is 0 Å². The van der Waals surface area contributed by atoms with E-state index < -0.39 is 0 Å². The molecule has 0 radical (unpaired) electrons. The first-order chi connectivity index (χ1) is 11.9. The Bertz CT molecular complexity index is 809. The highest BCUT2D eigenvalue weighted by Gasteiger charge is 2.22. The Kier molecular flexibility index (Phi) is 4.79. The predicted octanol–water partition coefficient (Wildman–Crippen LogP) is 2.62. The number of nitrogens with zero attached hydrogens (tertiary/aromatic N) is 4. The Morgan fingerprint density at radius 1 is 1.08 bits per heavy atom. The zero-order valence-electron chi connectivity index (χ0n) is 15.5. The summed E-state index contributed by atoms with van der Waals surface area (Å²) in [6.07, 6.45) is 0.814. The normalized spacial score (nSPS) is 15.7. The van der Waals surface area contributed by atoms with Crippen molar-refractivity contribution in [2.24, 2.45) is 0 Å². The molecule has 25 heavy (non-hydrogen) atoms. The van der Waals surface area contributed by atoms with Crippen LogP contribution in [-0.2, 0) is 4.79 Å². The molecule has 1 aromatic heterocycles. The summed E-state index contributed by atoms with van der Waals surface area (Å²) in [6.45, 7) is 10.4. The second kappa shape index (κ2) is 6.86. The van der Waals surface area contributed by atoms with Crippen molar-refractivity contribution in [1.82, 2.24) is 19.4 Å². The minimum Gasteiger partial charge on any atom is -0.341 e. The van der Waals surface area contributed by atoms with Gasteiger partial charge in [-0.2, -0.15) is 0 Å². The quantitative estimate of drug-likeness (QED) is 0.843. The Hall–Kier alpha value is -2.37. The molecule has 6 heteroatoms. The molecule has 2 amide bonds. The molecule has 6 nitrogen and oxygen atoms in total. The average Bonchev–Trinajstić information content (AvgIpc) is 2.73. The molecule has 3 rings (SSSR count). The number of aryl methyl sites for hydroxylation is 1. The van der Waals surface area contributed by atoms with Gasteiger partial charge in [-0.05, 0) is 45.4 Å². The summed E-state index contributed by atoms with van der Waals surface area (Å²) in [4.78, 5) is 32.7. The van der Waals surface area contributed by atoms with Crippen LogP contribution in [0.3, 0.4) is 0 Å². The van der Waals surface area contributed by atoms with Crippen molar-refractivity contribution in [2.45, 2.75) is 40.2 Å². The molecule has 0 spiro atoms. The predicted molar refractivity (Wildman–Crippen MR) is 97.6 cm³/mol. The molecule has 1 aliphatic rings. The minimum atomic E-state index is 0.0176. The highest BCUT2D eigenvalue weighted by molar-refractivity contribution is 5.97. The zero-order valence-corrected chi connectivity index (χ0v) is 15.5. The lowest BCUT2D eigenvalue weighted by atomic mass is 10.1. The Morgan fingerprint density at radius 2 is 1.76 bits per heavy atom. The number of amides is 2. The summed E-state index contributed by atoms with van der Waals surface area (Å²) < 4.78 is 2.18. The van der Waals surface area contributed by atoms with Crippen molar-refractivity contribution in [2.75, 3.05) is 26.2 Å². The van der Waals surface area contributed by atoms with Gasteiger partial charge in [-0.1, -0.05) is 0 Å². The zero-order chi connectivity index (χ0) is 18.1. The van der Waals surface area contributed by atoms with Gasteiger partial charge in [-0.15, -0.1) is 0 Å². The number of fused-ring (bicyclic) bond motifs is 1. The van der Waals surface area contributed by atoms with E-state index in [4.69, 9.17) is 0 Å². The van der Waals surface area contributed by atoms with E-state index in [2.05, 4.69) is 23.4 Å². The van der Waals surface area contributed by atoms with Crippen molar-refractivity contribution in [3.05, 3.63) is 29.6 Å². The van der Waals surface area contributed by atoms with Gasteiger partial charge in [0.1, 0.15) is 5.82 Å². The van der Waals surface area contributed by atoms with Gasteiger partial charge in [0.2, 0.25) is 5.91 Å². The maximum Gasteiger partial charge on any atom is 0.253 e. The highest BCUT2D eigenvalue weighted by atomic mass is 16.2. The molecule has 0 aliphatic carbocycles. The van der Waals surface area contributed by atoms with Crippen LogP contribution in [0.25, 0.3) is 11.0 Å². The summed E-state index contributed by atoms with van der Waals surface area (Å²) in [7, 11) is 0. The van der Waals surface area contributed by atoms with Gasteiger partial charge < -0.3 is 14.4 Å². The standard InChI is InChI=1S/C19H26N4O2/c1-13(2)23-14(3)20-17-12-16(6-7-18(17)23)19(25)22-9-5-8-21(10-11-22)15(4)24/h6-7,12-13H,5,8-11H2,1-4H3. The molecule has 0 bridgehead atoms. The molecule has 1 saturated heterocycles. The lowest BCUT2D eigenvalue weighted by Crippen LogP contribution is -2.36. The van der Waals surface area contributed by atoms with Crippen LogP contribution >= 0.6 is 0 Å². The fourth-order valence-corrected chi connectivity index (χ4v) is 3.62. The van der Waals surface area contributed by atoms with Gasteiger partial charge in [0, 0.05) is 44.7 Å². The van der Waals surface area contributed by atoms with Gasteiger partial charge >= 0.3 is 0 Å². The molecule has 1 aromatic carbocycles. The molecule has 2 aromatic rings. The lowest BCUT2D eigenvalue weighted by molar-refractivity contribution is -0.128. The number of imidazole rings is 1. The number of rotatable bonds is 2. The third kappa shape index (κ3) is 3.38. The Labute approximate surface area is 148 Å². The molecule has 0 N–H and O–H groups in total. The van der Waals surface area contributed by atoms with Crippen molar-refractivity contribution < 1.29 is 9.59 Å². The van der Waals surface area contributed by atoms with Crippen molar-refractivity contribution in [1.29, 1.82) is 0 Å². The molecule has 0 unspecified atom stereocenters. The van der Waals surface area contributed by atoms with Crippen molar-refractivity contribution in [3.63, 3.8) is 0 Å². The first kappa shape index (κ1) is 17.5.